The van der Waals surface area contributed by atoms with E-state index < -0.39 is 0 Å². The highest BCUT2D eigenvalue weighted by molar-refractivity contribution is 5.77. The zero-order valence-electron chi connectivity index (χ0n) is 20.0. The molecule has 6 nitrogen and oxygen atoms in total. The van der Waals surface area contributed by atoms with Crippen LogP contribution in [0.4, 0.5) is 0 Å². The van der Waals surface area contributed by atoms with Crippen LogP contribution in [0.2, 0.25) is 0 Å². The average Bonchev–Trinajstić information content (AvgIpc) is 3.32. The van der Waals surface area contributed by atoms with E-state index in [1.54, 1.807) is 0 Å². The Morgan fingerprint density at radius 1 is 1.00 bits per heavy atom. The highest BCUT2D eigenvalue weighted by atomic mass is 16.6. The molecule has 0 fully saturated rings. The summed E-state index contributed by atoms with van der Waals surface area (Å²) >= 11 is 0. The Morgan fingerprint density at radius 3 is 2.51 bits per heavy atom. The van der Waals surface area contributed by atoms with Crippen molar-refractivity contribution >= 4 is 5.91 Å². The highest BCUT2D eigenvalue weighted by Gasteiger charge is 2.17. The number of aryl methyl sites for hydroxylation is 2. The van der Waals surface area contributed by atoms with Gasteiger partial charge in [-0.25, -0.2) is 4.68 Å². The van der Waals surface area contributed by atoms with Crippen molar-refractivity contribution in [2.45, 2.75) is 32.7 Å². The van der Waals surface area contributed by atoms with Crippen molar-refractivity contribution in [3.05, 3.63) is 95.7 Å². The maximum absolute atomic E-state index is 12.9. The van der Waals surface area contributed by atoms with E-state index in [4.69, 9.17) is 14.6 Å². The van der Waals surface area contributed by atoms with E-state index in [2.05, 4.69) is 36.5 Å². The molecule has 0 bridgehead atoms. The maximum Gasteiger partial charge on any atom is 0.220 e. The highest BCUT2D eigenvalue weighted by Crippen LogP contribution is 2.32. The molecule has 5 rings (SSSR count). The first kappa shape index (κ1) is 22.7. The SMILES string of the molecule is Cc1ccc(-c2nn(-c3ccccc3)cc2CCC(=O)N[C@H](C)c2ccc3c(c2)OCCO3)cc1. The van der Waals surface area contributed by atoms with Gasteiger partial charge >= 0.3 is 0 Å². The lowest BCUT2D eigenvalue weighted by molar-refractivity contribution is -0.121. The Balaban J connectivity index is 1.30. The minimum absolute atomic E-state index is 0.00490. The molecule has 6 heteroatoms. The van der Waals surface area contributed by atoms with Gasteiger partial charge in [-0.05, 0) is 55.7 Å². The number of para-hydroxylation sites is 1. The van der Waals surface area contributed by atoms with Gasteiger partial charge in [-0.15, -0.1) is 0 Å². The number of hydrogen-bond acceptors (Lipinski definition) is 4. The van der Waals surface area contributed by atoms with Gasteiger partial charge in [-0.2, -0.15) is 5.10 Å². The molecule has 178 valence electrons. The number of hydrogen-bond donors (Lipinski definition) is 1. The third-order valence-electron chi connectivity index (χ3n) is 6.20. The summed E-state index contributed by atoms with van der Waals surface area (Å²) in [5, 5.41) is 7.98. The molecule has 1 aliphatic rings. The predicted octanol–water partition coefficient (Wildman–Crippen LogP) is 5.43. The molecule has 1 aliphatic heterocycles. The Hall–Kier alpha value is -4.06. The minimum atomic E-state index is -0.137. The Labute approximate surface area is 205 Å². The standard InChI is InChI=1S/C29H29N3O3/c1-20-8-10-22(11-9-20)29-24(19-32(31-29)25-6-4-3-5-7-25)13-15-28(33)30-21(2)23-12-14-26-27(18-23)35-17-16-34-26/h3-12,14,18-19,21H,13,15-17H2,1-2H3,(H,30,33)/t21-/m1/s1. The third kappa shape index (κ3) is 5.22. The molecule has 0 spiro atoms. The van der Waals surface area contributed by atoms with Crippen molar-refractivity contribution in [1.29, 1.82) is 0 Å². The number of ether oxygens (including phenoxy) is 2. The van der Waals surface area contributed by atoms with Crippen LogP contribution in [-0.2, 0) is 11.2 Å². The van der Waals surface area contributed by atoms with E-state index in [0.29, 0.717) is 26.1 Å². The zero-order valence-corrected chi connectivity index (χ0v) is 20.0. The van der Waals surface area contributed by atoms with Crippen molar-refractivity contribution < 1.29 is 14.3 Å². The van der Waals surface area contributed by atoms with Crippen molar-refractivity contribution in [3.8, 4) is 28.4 Å². The summed E-state index contributed by atoms with van der Waals surface area (Å²) in [6.07, 6.45) is 2.99. The Morgan fingerprint density at radius 2 is 1.74 bits per heavy atom. The summed E-state index contributed by atoms with van der Waals surface area (Å²) in [5.41, 5.74) is 6.17. The summed E-state index contributed by atoms with van der Waals surface area (Å²) in [6, 6.07) is 24.0. The van der Waals surface area contributed by atoms with Gasteiger partial charge in [-0.3, -0.25) is 4.79 Å². The number of aromatic nitrogens is 2. The van der Waals surface area contributed by atoms with Crippen LogP contribution in [0.15, 0.2) is 79.0 Å². The molecule has 35 heavy (non-hydrogen) atoms. The topological polar surface area (TPSA) is 65.4 Å². The number of rotatable bonds is 7. The van der Waals surface area contributed by atoms with Crippen molar-refractivity contribution in [3.63, 3.8) is 0 Å². The fourth-order valence-electron chi connectivity index (χ4n) is 4.23. The summed E-state index contributed by atoms with van der Waals surface area (Å²) in [7, 11) is 0. The lowest BCUT2D eigenvalue weighted by atomic mass is 10.0. The molecule has 0 saturated carbocycles. The number of nitrogens with zero attached hydrogens (tertiary/aromatic N) is 2. The molecule has 3 aromatic carbocycles. The summed E-state index contributed by atoms with van der Waals surface area (Å²) in [6.45, 7) is 5.15. The second-order valence-corrected chi connectivity index (χ2v) is 8.84. The third-order valence-corrected chi connectivity index (χ3v) is 6.20. The van der Waals surface area contributed by atoms with Gasteiger partial charge in [0.05, 0.1) is 17.4 Å². The molecule has 1 N–H and O–H groups in total. The summed E-state index contributed by atoms with van der Waals surface area (Å²) in [4.78, 5) is 12.9. The van der Waals surface area contributed by atoms with Gasteiger partial charge in [0.15, 0.2) is 11.5 Å². The molecule has 1 atom stereocenters. The van der Waals surface area contributed by atoms with Crippen LogP contribution in [0.3, 0.4) is 0 Å². The second-order valence-electron chi connectivity index (χ2n) is 8.84. The van der Waals surface area contributed by atoms with Gasteiger partial charge in [0.1, 0.15) is 13.2 Å². The van der Waals surface area contributed by atoms with E-state index in [1.165, 1.54) is 5.56 Å². The predicted molar refractivity (Wildman–Crippen MR) is 136 cm³/mol. The smallest absolute Gasteiger partial charge is 0.220 e. The molecular formula is C29H29N3O3. The number of carbonyl (C=O) groups is 1. The molecule has 2 heterocycles. The average molecular weight is 468 g/mol. The molecule has 0 radical (unpaired) electrons. The van der Waals surface area contributed by atoms with E-state index >= 15 is 0 Å². The van der Waals surface area contributed by atoms with Gasteiger partial charge in [0.2, 0.25) is 5.91 Å². The first-order valence-corrected chi connectivity index (χ1v) is 12.0. The van der Waals surface area contributed by atoms with E-state index in [1.807, 2.05) is 66.3 Å². The summed E-state index contributed by atoms with van der Waals surface area (Å²) in [5.74, 6) is 1.47. The number of amides is 1. The normalized spacial score (nSPS) is 13.3. The molecule has 0 saturated heterocycles. The monoisotopic (exact) mass is 467 g/mol. The van der Waals surface area contributed by atoms with Crippen LogP contribution >= 0.6 is 0 Å². The second kappa shape index (κ2) is 10.1. The van der Waals surface area contributed by atoms with Gasteiger partial charge in [0, 0.05) is 18.2 Å². The largest absolute Gasteiger partial charge is 0.486 e. The molecule has 0 unspecified atom stereocenters. The van der Waals surface area contributed by atoms with Gasteiger partial charge in [0.25, 0.3) is 0 Å². The van der Waals surface area contributed by atoms with Crippen LogP contribution < -0.4 is 14.8 Å². The van der Waals surface area contributed by atoms with Crippen molar-refractivity contribution in [2.75, 3.05) is 13.2 Å². The van der Waals surface area contributed by atoms with Crippen molar-refractivity contribution in [1.82, 2.24) is 15.1 Å². The summed E-state index contributed by atoms with van der Waals surface area (Å²) < 4.78 is 13.2. The van der Waals surface area contributed by atoms with E-state index in [0.717, 1.165) is 39.6 Å². The van der Waals surface area contributed by atoms with Crippen LogP contribution in [0.1, 0.15) is 36.1 Å². The van der Waals surface area contributed by atoms with E-state index in [9.17, 15) is 4.79 Å². The van der Waals surface area contributed by atoms with Gasteiger partial charge < -0.3 is 14.8 Å². The fourth-order valence-corrected chi connectivity index (χ4v) is 4.23. The lowest BCUT2D eigenvalue weighted by Crippen LogP contribution is -2.27. The number of fused-ring (bicyclic) bond motifs is 1. The molecular weight excluding hydrogens is 438 g/mol. The first-order chi connectivity index (χ1) is 17.1. The van der Waals surface area contributed by atoms with Crippen LogP contribution in [0.25, 0.3) is 16.9 Å². The molecule has 1 amide bonds. The lowest BCUT2D eigenvalue weighted by Gasteiger charge is -2.21. The fraction of sp³-hybridized carbons (Fsp3) is 0.241. The maximum atomic E-state index is 12.9. The van der Waals surface area contributed by atoms with Crippen molar-refractivity contribution in [2.24, 2.45) is 0 Å². The minimum Gasteiger partial charge on any atom is -0.486 e. The zero-order chi connectivity index (χ0) is 24.2. The van der Waals surface area contributed by atoms with E-state index in [-0.39, 0.29) is 11.9 Å². The Bertz CT molecular complexity index is 1310. The van der Waals surface area contributed by atoms with Crippen LogP contribution in [0, 0.1) is 6.92 Å². The quantitative estimate of drug-likeness (QED) is 0.394. The van der Waals surface area contributed by atoms with Crippen LogP contribution in [0.5, 0.6) is 11.5 Å². The molecule has 0 aliphatic carbocycles. The Kier molecular flexibility index (Phi) is 6.53. The number of carbonyl (C=O) groups excluding carboxylic acids is 1. The first-order valence-electron chi connectivity index (χ1n) is 12.0. The number of nitrogens with one attached hydrogen (secondary N) is 1. The van der Waals surface area contributed by atoms with Crippen LogP contribution in [-0.4, -0.2) is 28.9 Å². The molecule has 1 aromatic heterocycles. The molecule has 4 aromatic rings. The number of benzene rings is 3. The van der Waals surface area contributed by atoms with Gasteiger partial charge in [-0.1, -0.05) is 54.1 Å².